The van der Waals surface area contributed by atoms with Crippen LogP contribution in [-0.2, 0) is 12.0 Å². The number of nitrogens with zero attached hydrogens (tertiary/aromatic N) is 1. The summed E-state index contributed by atoms with van der Waals surface area (Å²) < 4.78 is 0. The highest BCUT2D eigenvalue weighted by Crippen LogP contribution is 2.20. The summed E-state index contributed by atoms with van der Waals surface area (Å²) in [7, 11) is 0. The van der Waals surface area contributed by atoms with E-state index in [1.807, 2.05) is 36.4 Å². The highest BCUT2D eigenvalue weighted by Gasteiger charge is 2.22. The molecule has 1 aromatic heterocycles. The fraction of sp³-hybridized carbons (Fsp3) is 0.312. The molecule has 0 spiro atoms. The highest BCUT2D eigenvalue weighted by atomic mass is 32.1. The van der Waals surface area contributed by atoms with Crippen molar-refractivity contribution in [3.05, 3.63) is 58.3 Å². The predicted octanol–water partition coefficient (Wildman–Crippen LogP) is 2.10. The first-order chi connectivity index (χ1) is 10.1. The van der Waals surface area contributed by atoms with E-state index in [0.717, 1.165) is 18.5 Å². The fourth-order valence-electron chi connectivity index (χ4n) is 1.95. The van der Waals surface area contributed by atoms with Crippen molar-refractivity contribution < 1.29 is 5.11 Å². The van der Waals surface area contributed by atoms with Crippen molar-refractivity contribution in [1.82, 2.24) is 5.32 Å². The molecular formula is C16H21N3OS. The van der Waals surface area contributed by atoms with Gasteiger partial charge in [0.2, 0.25) is 0 Å². The second-order valence-corrected chi connectivity index (χ2v) is 6.13. The number of nitrogens with two attached hydrogens (primary N) is 1. The molecule has 1 aromatic carbocycles. The van der Waals surface area contributed by atoms with Gasteiger partial charge in [-0.2, -0.15) is 0 Å². The first-order valence-electron chi connectivity index (χ1n) is 6.92. The average Bonchev–Trinajstić information content (AvgIpc) is 2.99. The number of hydrogen-bond donors (Lipinski definition) is 3. The fourth-order valence-corrected chi connectivity index (χ4v) is 2.66. The number of benzene rings is 1. The Hall–Kier alpha value is -1.85. The van der Waals surface area contributed by atoms with Crippen LogP contribution in [0.1, 0.15) is 17.4 Å². The van der Waals surface area contributed by atoms with Crippen molar-refractivity contribution in [2.75, 3.05) is 13.1 Å². The molecule has 112 valence electrons. The van der Waals surface area contributed by atoms with E-state index in [1.165, 1.54) is 4.88 Å². The van der Waals surface area contributed by atoms with Crippen LogP contribution in [-0.4, -0.2) is 24.2 Å². The van der Waals surface area contributed by atoms with Gasteiger partial charge in [-0.05, 0) is 30.4 Å². The van der Waals surface area contributed by atoms with Gasteiger partial charge in [0.1, 0.15) is 5.60 Å². The minimum atomic E-state index is -1.01. The van der Waals surface area contributed by atoms with Crippen LogP contribution in [0.25, 0.3) is 0 Å². The third-order valence-electron chi connectivity index (χ3n) is 3.21. The highest BCUT2D eigenvalue weighted by molar-refractivity contribution is 7.09. The Bertz CT molecular complexity index is 564. The lowest BCUT2D eigenvalue weighted by atomic mass is 9.96. The quantitative estimate of drug-likeness (QED) is 0.565. The molecule has 5 heteroatoms. The maximum Gasteiger partial charge on any atom is 0.188 e. The van der Waals surface area contributed by atoms with Gasteiger partial charge in [0.15, 0.2) is 5.96 Å². The summed E-state index contributed by atoms with van der Waals surface area (Å²) >= 11 is 1.73. The van der Waals surface area contributed by atoms with Crippen molar-refractivity contribution in [3.8, 4) is 0 Å². The molecule has 0 saturated heterocycles. The lowest BCUT2D eigenvalue weighted by Gasteiger charge is -2.21. The average molecular weight is 303 g/mol. The first-order valence-corrected chi connectivity index (χ1v) is 7.80. The molecule has 2 aromatic rings. The summed E-state index contributed by atoms with van der Waals surface area (Å²) in [4.78, 5) is 5.54. The van der Waals surface area contributed by atoms with Crippen molar-refractivity contribution in [2.24, 2.45) is 10.7 Å². The Morgan fingerprint density at radius 1 is 1.29 bits per heavy atom. The van der Waals surface area contributed by atoms with E-state index in [0.29, 0.717) is 5.96 Å². The second kappa shape index (κ2) is 7.24. The number of rotatable bonds is 6. The summed E-state index contributed by atoms with van der Waals surface area (Å²) in [5.74, 6) is 0.364. The zero-order valence-electron chi connectivity index (χ0n) is 12.1. The SMILES string of the molecule is CC(O)(CN=C(N)NCCc1cccs1)c1ccccc1. The van der Waals surface area contributed by atoms with Gasteiger partial charge >= 0.3 is 0 Å². The number of aliphatic imine (C=N–C) groups is 1. The minimum Gasteiger partial charge on any atom is -0.384 e. The summed E-state index contributed by atoms with van der Waals surface area (Å²) in [5, 5.41) is 15.5. The third-order valence-corrected chi connectivity index (χ3v) is 4.15. The minimum absolute atomic E-state index is 0.231. The molecule has 4 nitrogen and oxygen atoms in total. The molecule has 0 saturated carbocycles. The Labute approximate surface area is 129 Å². The van der Waals surface area contributed by atoms with Crippen LogP contribution in [0.3, 0.4) is 0 Å². The van der Waals surface area contributed by atoms with Crippen molar-refractivity contribution in [1.29, 1.82) is 0 Å². The van der Waals surface area contributed by atoms with Gasteiger partial charge in [0.25, 0.3) is 0 Å². The molecule has 4 N–H and O–H groups in total. The van der Waals surface area contributed by atoms with Crippen molar-refractivity contribution >= 4 is 17.3 Å². The van der Waals surface area contributed by atoms with E-state index in [-0.39, 0.29) is 6.54 Å². The topological polar surface area (TPSA) is 70.6 Å². The zero-order chi connectivity index (χ0) is 15.1. The monoisotopic (exact) mass is 303 g/mol. The molecular weight excluding hydrogens is 282 g/mol. The van der Waals surface area contributed by atoms with E-state index in [1.54, 1.807) is 18.3 Å². The van der Waals surface area contributed by atoms with E-state index in [4.69, 9.17) is 5.73 Å². The molecule has 1 atom stereocenters. The van der Waals surface area contributed by atoms with Crippen molar-refractivity contribution in [2.45, 2.75) is 18.9 Å². The Kier molecular flexibility index (Phi) is 5.36. The smallest absolute Gasteiger partial charge is 0.188 e. The summed E-state index contributed by atoms with van der Waals surface area (Å²) in [6.07, 6.45) is 0.920. The molecule has 0 aliphatic heterocycles. The molecule has 0 amide bonds. The van der Waals surface area contributed by atoms with E-state index in [2.05, 4.69) is 21.8 Å². The Balaban J connectivity index is 1.82. The van der Waals surface area contributed by atoms with Crippen LogP contribution in [0.5, 0.6) is 0 Å². The van der Waals surface area contributed by atoms with Gasteiger partial charge in [-0.15, -0.1) is 11.3 Å². The van der Waals surface area contributed by atoms with Gasteiger partial charge < -0.3 is 16.2 Å². The first kappa shape index (κ1) is 15.5. The van der Waals surface area contributed by atoms with E-state index >= 15 is 0 Å². The number of thiophene rings is 1. The molecule has 0 bridgehead atoms. The summed E-state index contributed by atoms with van der Waals surface area (Å²) in [5.41, 5.74) is 5.65. The molecule has 2 rings (SSSR count). The molecule has 21 heavy (non-hydrogen) atoms. The Morgan fingerprint density at radius 2 is 2.05 bits per heavy atom. The van der Waals surface area contributed by atoms with Gasteiger partial charge in [0, 0.05) is 11.4 Å². The normalized spacial score (nSPS) is 14.7. The lowest BCUT2D eigenvalue weighted by Crippen LogP contribution is -2.35. The summed E-state index contributed by atoms with van der Waals surface area (Å²) in [6.45, 7) is 2.71. The largest absolute Gasteiger partial charge is 0.384 e. The van der Waals surface area contributed by atoms with Gasteiger partial charge in [-0.25, -0.2) is 0 Å². The van der Waals surface area contributed by atoms with Crippen LogP contribution in [0, 0.1) is 0 Å². The van der Waals surface area contributed by atoms with Crippen LogP contribution in [0.2, 0.25) is 0 Å². The number of hydrogen-bond acceptors (Lipinski definition) is 3. The molecule has 0 fully saturated rings. The predicted molar refractivity (Wildman–Crippen MR) is 88.5 cm³/mol. The molecule has 0 aliphatic carbocycles. The zero-order valence-corrected chi connectivity index (χ0v) is 12.9. The van der Waals surface area contributed by atoms with Gasteiger partial charge in [-0.1, -0.05) is 36.4 Å². The molecule has 0 aliphatic rings. The van der Waals surface area contributed by atoms with E-state index < -0.39 is 5.60 Å². The molecule has 0 radical (unpaired) electrons. The number of aliphatic hydroxyl groups is 1. The lowest BCUT2D eigenvalue weighted by molar-refractivity contribution is 0.0673. The Morgan fingerprint density at radius 3 is 2.71 bits per heavy atom. The second-order valence-electron chi connectivity index (χ2n) is 5.10. The van der Waals surface area contributed by atoms with Crippen LogP contribution >= 0.6 is 11.3 Å². The van der Waals surface area contributed by atoms with E-state index in [9.17, 15) is 5.11 Å². The number of guanidine groups is 1. The van der Waals surface area contributed by atoms with Crippen LogP contribution < -0.4 is 11.1 Å². The maximum absolute atomic E-state index is 10.4. The van der Waals surface area contributed by atoms with Gasteiger partial charge in [0.05, 0.1) is 6.54 Å². The summed E-state index contributed by atoms with van der Waals surface area (Å²) in [6, 6.07) is 13.6. The van der Waals surface area contributed by atoms with Crippen molar-refractivity contribution in [3.63, 3.8) is 0 Å². The molecule has 1 heterocycles. The van der Waals surface area contributed by atoms with Crippen LogP contribution in [0.4, 0.5) is 0 Å². The number of nitrogens with one attached hydrogen (secondary N) is 1. The molecule has 1 unspecified atom stereocenters. The van der Waals surface area contributed by atoms with Crippen LogP contribution in [0.15, 0.2) is 52.8 Å². The standard InChI is InChI=1S/C16H21N3OS/c1-16(20,13-6-3-2-4-7-13)12-19-15(17)18-10-9-14-8-5-11-21-14/h2-8,11,20H,9-10,12H2,1H3,(H3,17,18,19). The third kappa shape index (κ3) is 4.88. The van der Waals surface area contributed by atoms with Gasteiger partial charge in [-0.3, -0.25) is 4.99 Å². The maximum atomic E-state index is 10.4.